The molecule has 1 aromatic rings. The summed E-state index contributed by atoms with van der Waals surface area (Å²) >= 11 is 0. The molecular formula is C16H23NO3. The lowest BCUT2D eigenvalue weighted by molar-refractivity contribution is -0.117. The minimum Gasteiger partial charge on any atom is -0.362 e. The Labute approximate surface area is 120 Å². The first-order valence-electron chi connectivity index (χ1n) is 7.06. The van der Waals surface area contributed by atoms with Gasteiger partial charge in [0.1, 0.15) is 17.3 Å². The van der Waals surface area contributed by atoms with E-state index in [4.69, 9.17) is 0 Å². The SMILES string of the molecule is CC(=O)CCc1cc(CCC(C)=O)c(CCC(C)=O)[nH]1. The lowest BCUT2D eigenvalue weighted by Crippen LogP contribution is -2.00. The first kappa shape index (κ1) is 16.3. The molecule has 0 amide bonds. The number of carbonyl (C=O) groups excluding carboxylic acids is 3. The molecule has 1 rings (SSSR count). The second kappa shape index (κ2) is 7.78. The summed E-state index contributed by atoms with van der Waals surface area (Å²) in [6.07, 6.45) is 3.57. The number of aromatic amines is 1. The lowest BCUT2D eigenvalue weighted by atomic mass is 10.0. The van der Waals surface area contributed by atoms with Gasteiger partial charge in [-0.1, -0.05) is 0 Å². The van der Waals surface area contributed by atoms with Crippen molar-refractivity contribution in [3.05, 3.63) is 23.0 Å². The molecular weight excluding hydrogens is 254 g/mol. The summed E-state index contributed by atoms with van der Waals surface area (Å²) in [5.41, 5.74) is 3.14. The fourth-order valence-electron chi connectivity index (χ4n) is 2.11. The third kappa shape index (κ3) is 5.95. The summed E-state index contributed by atoms with van der Waals surface area (Å²) < 4.78 is 0. The van der Waals surface area contributed by atoms with Crippen molar-refractivity contribution in [1.82, 2.24) is 4.98 Å². The largest absolute Gasteiger partial charge is 0.362 e. The van der Waals surface area contributed by atoms with Gasteiger partial charge in [0, 0.05) is 30.7 Å². The van der Waals surface area contributed by atoms with Crippen LogP contribution >= 0.6 is 0 Å². The van der Waals surface area contributed by atoms with Crippen LogP contribution < -0.4 is 0 Å². The van der Waals surface area contributed by atoms with E-state index in [0.29, 0.717) is 38.5 Å². The Balaban J connectivity index is 2.77. The van der Waals surface area contributed by atoms with Gasteiger partial charge in [-0.15, -0.1) is 0 Å². The van der Waals surface area contributed by atoms with Crippen molar-refractivity contribution in [3.8, 4) is 0 Å². The maximum Gasteiger partial charge on any atom is 0.130 e. The van der Waals surface area contributed by atoms with Crippen LogP contribution in [0.3, 0.4) is 0 Å². The Morgan fingerprint density at radius 2 is 1.35 bits per heavy atom. The molecule has 4 nitrogen and oxygen atoms in total. The third-order valence-corrected chi connectivity index (χ3v) is 3.27. The molecule has 1 heterocycles. The molecule has 0 aliphatic carbocycles. The zero-order chi connectivity index (χ0) is 15.1. The predicted molar refractivity (Wildman–Crippen MR) is 77.8 cm³/mol. The zero-order valence-corrected chi connectivity index (χ0v) is 12.5. The van der Waals surface area contributed by atoms with Crippen LogP contribution in [-0.4, -0.2) is 22.3 Å². The van der Waals surface area contributed by atoms with Crippen molar-refractivity contribution in [3.63, 3.8) is 0 Å². The van der Waals surface area contributed by atoms with Gasteiger partial charge in [-0.25, -0.2) is 0 Å². The van der Waals surface area contributed by atoms with Crippen molar-refractivity contribution in [1.29, 1.82) is 0 Å². The number of H-pyrrole nitrogens is 1. The molecule has 110 valence electrons. The van der Waals surface area contributed by atoms with E-state index in [0.717, 1.165) is 17.0 Å². The molecule has 1 aromatic heterocycles. The van der Waals surface area contributed by atoms with Crippen LogP contribution in [0.1, 0.15) is 57.0 Å². The average Bonchev–Trinajstić information content (AvgIpc) is 2.73. The number of nitrogens with one attached hydrogen (secondary N) is 1. The van der Waals surface area contributed by atoms with Gasteiger partial charge in [0.15, 0.2) is 0 Å². The maximum absolute atomic E-state index is 11.1. The molecule has 0 aromatic carbocycles. The van der Waals surface area contributed by atoms with E-state index in [-0.39, 0.29) is 17.3 Å². The average molecular weight is 277 g/mol. The number of aryl methyl sites for hydroxylation is 3. The van der Waals surface area contributed by atoms with Gasteiger partial charge < -0.3 is 19.4 Å². The van der Waals surface area contributed by atoms with E-state index < -0.39 is 0 Å². The Hall–Kier alpha value is -1.71. The normalized spacial score (nSPS) is 10.6. The van der Waals surface area contributed by atoms with E-state index in [1.54, 1.807) is 20.8 Å². The van der Waals surface area contributed by atoms with Crippen LogP contribution in [0.5, 0.6) is 0 Å². The molecule has 0 unspecified atom stereocenters. The number of hydrogen-bond donors (Lipinski definition) is 1. The molecule has 0 radical (unpaired) electrons. The van der Waals surface area contributed by atoms with Crippen LogP contribution in [0.15, 0.2) is 6.07 Å². The van der Waals surface area contributed by atoms with Gasteiger partial charge in [-0.3, -0.25) is 0 Å². The summed E-state index contributed by atoms with van der Waals surface area (Å²) in [5, 5.41) is 0. The number of hydrogen-bond acceptors (Lipinski definition) is 3. The van der Waals surface area contributed by atoms with Crippen LogP contribution in [0, 0.1) is 0 Å². The first-order chi connectivity index (χ1) is 9.38. The molecule has 20 heavy (non-hydrogen) atoms. The Morgan fingerprint density at radius 3 is 1.90 bits per heavy atom. The number of rotatable bonds is 9. The van der Waals surface area contributed by atoms with E-state index in [1.807, 2.05) is 6.07 Å². The minimum absolute atomic E-state index is 0.155. The minimum atomic E-state index is 0.155. The molecule has 0 saturated carbocycles. The molecule has 4 heteroatoms. The summed E-state index contributed by atoms with van der Waals surface area (Å²) in [5.74, 6) is 0.478. The van der Waals surface area contributed by atoms with Crippen LogP contribution in [-0.2, 0) is 33.6 Å². The van der Waals surface area contributed by atoms with Gasteiger partial charge in [0.05, 0.1) is 0 Å². The van der Waals surface area contributed by atoms with E-state index in [1.165, 1.54) is 0 Å². The molecule has 0 bridgehead atoms. The molecule has 0 atom stereocenters. The zero-order valence-electron chi connectivity index (χ0n) is 12.5. The summed E-state index contributed by atoms with van der Waals surface area (Å²) in [7, 11) is 0. The Morgan fingerprint density at radius 1 is 0.850 bits per heavy atom. The molecule has 1 N–H and O–H groups in total. The second-order valence-corrected chi connectivity index (χ2v) is 5.40. The van der Waals surface area contributed by atoms with Crippen LogP contribution in [0.4, 0.5) is 0 Å². The highest BCUT2D eigenvalue weighted by atomic mass is 16.1. The lowest BCUT2D eigenvalue weighted by Gasteiger charge is -2.01. The van der Waals surface area contributed by atoms with Crippen molar-refractivity contribution in [2.45, 2.75) is 59.3 Å². The second-order valence-electron chi connectivity index (χ2n) is 5.40. The fourth-order valence-corrected chi connectivity index (χ4v) is 2.11. The topological polar surface area (TPSA) is 67.0 Å². The highest BCUT2D eigenvalue weighted by Crippen LogP contribution is 2.17. The maximum atomic E-state index is 11.1. The first-order valence-corrected chi connectivity index (χ1v) is 7.06. The highest BCUT2D eigenvalue weighted by Gasteiger charge is 2.10. The van der Waals surface area contributed by atoms with Gasteiger partial charge in [-0.05, 0) is 51.7 Å². The molecule has 0 spiro atoms. The van der Waals surface area contributed by atoms with Gasteiger partial charge in [0.25, 0.3) is 0 Å². The highest BCUT2D eigenvalue weighted by molar-refractivity contribution is 5.76. The number of aromatic nitrogens is 1. The number of ketones is 3. The monoisotopic (exact) mass is 277 g/mol. The van der Waals surface area contributed by atoms with E-state index in [2.05, 4.69) is 4.98 Å². The molecule has 0 fully saturated rings. The fraction of sp³-hybridized carbons (Fsp3) is 0.562. The number of carbonyl (C=O) groups is 3. The van der Waals surface area contributed by atoms with Crippen molar-refractivity contribution in [2.75, 3.05) is 0 Å². The summed E-state index contributed by atoms with van der Waals surface area (Å²) in [4.78, 5) is 36.5. The van der Waals surface area contributed by atoms with E-state index in [9.17, 15) is 14.4 Å². The predicted octanol–water partition coefficient (Wildman–Crippen LogP) is 2.58. The standard InChI is InChI=1S/C16H23NO3/c1-11(18)4-7-14-10-15(8-5-12(2)19)17-16(14)9-6-13(3)20/h10,17H,4-9H2,1-3H3. The molecule has 0 aliphatic heterocycles. The smallest absolute Gasteiger partial charge is 0.130 e. The third-order valence-electron chi connectivity index (χ3n) is 3.27. The van der Waals surface area contributed by atoms with E-state index >= 15 is 0 Å². The summed E-state index contributed by atoms with van der Waals surface area (Å²) in [6.45, 7) is 4.74. The van der Waals surface area contributed by atoms with Gasteiger partial charge in [0.2, 0.25) is 0 Å². The van der Waals surface area contributed by atoms with Gasteiger partial charge in [-0.2, -0.15) is 0 Å². The van der Waals surface area contributed by atoms with Crippen LogP contribution in [0.2, 0.25) is 0 Å². The van der Waals surface area contributed by atoms with Crippen molar-refractivity contribution in [2.24, 2.45) is 0 Å². The van der Waals surface area contributed by atoms with Gasteiger partial charge >= 0.3 is 0 Å². The summed E-state index contributed by atoms with van der Waals surface area (Å²) in [6, 6.07) is 2.03. The number of Topliss-reactive ketones (excluding diaryl/α,β-unsaturated/α-hetero) is 3. The molecule has 0 saturated heterocycles. The van der Waals surface area contributed by atoms with Crippen molar-refractivity contribution < 1.29 is 14.4 Å². The molecule has 0 aliphatic rings. The Kier molecular flexibility index (Phi) is 6.36. The van der Waals surface area contributed by atoms with Crippen molar-refractivity contribution >= 4 is 17.3 Å². The van der Waals surface area contributed by atoms with Crippen LogP contribution in [0.25, 0.3) is 0 Å². The Bertz CT molecular complexity index is 464. The quantitative estimate of drug-likeness (QED) is 0.754.